The quantitative estimate of drug-likeness (QED) is 0.919. The highest BCUT2D eigenvalue weighted by Gasteiger charge is 2.35. The summed E-state index contributed by atoms with van der Waals surface area (Å²) in [6.07, 6.45) is 2.15. The van der Waals surface area contributed by atoms with E-state index in [4.69, 9.17) is 17.3 Å². The van der Waals surface area contributed by atoms with Crippen LogP contribution in [-0.2, 0) is 0 Å². The smallest absolute Gasteiger partial charge is 0.129 e. The highest BCUT2D eigenvalue weighted by atomic mass is 35.5. The maximum Gasteiger partial charge on any atom is 0.129 e. The monoisotopic (exact) mass is 284 g/mol. The van der Waals surface area contributed by atoms with E-state index >= 15 is 0 Å². The van der Waals surface area contributed by atoms with Crippen LogP contribution < -0.4 is 5.73 Å². The zero-order valence-electron chi connectivity index (χ0n) is 11.6. The molecule has 1 saturated heterocycles. The molecule has 1 fully saturated rings. The van der Waals surface area contributed by atoms with Crippen molar-refractivity contribution in [1.29, 1.82) is 0 Å². The van der Waals surface area contributed by atoms with Gasteiger partial charge >= 0.3 is 0 Å². The maximum absolute atomic E-state index is 14.2. The van der Waals surface area contributed by atoms with Gasteiger partial charge in [0.05, 0.1) is 0 Å². The van der Waals surface area contributed by atoms with Crippen LogP contribution in [0.25, 0.3) is 0 Å². The molecular formula is C15H22ClFN2. The molecule has 2 rings (SSSR count). The Labute approximate surface area is 119 Å². The van der Waals surface area contributed by atoms with Gasteiger partial charge in [-0.3, -0.25) is 4.90 Å². The fourth-order valence-corrected chi connectivity index (χ4v) is 3.40. The molecular weight excluding hydrogens is 263 g/mol. The predicted molar refractivity (Wildman–Crippen MR) is 77.8 cm³/mol. The molecule has 0 radical (unpaired) electrons. The van der Waals surface area contributed by atoms with Crippen molar-refractivity contribution in [3.05, 3.63) is 34.6 Å². The van der Waals surface area contributed by atoms with Gasteiger partial charge in [0.2, 0.25) is 0 Å². The number of halogens is 2. The van der Waals surface area contributed by atoms with Crippen LogP contribution in [0.5, 0.6) is 0 Å². The van der Waals surface area contributed by atoms with E-state index in [0.29, 0.717) is 23.2 Å². The Morgan fingerprint density at radius 2 is 2.21 bits per heavy atom. The topological polar surface area (TPSA) is 29.3 Å². The minimum Gasteiger partial charge on any atom is -0.330 e. The van der Waals surface area contributed by atoms with Crippen molar-refractivity contribution >= 4 is 11.6 Å². The van der Waals surface area contributed by atoms with Crippen molar-refractivity contribution in [3.63, 3.8) is 0 Å². The largest absolute Gasteiger partial charge is 0.330 e. The van der Waals surface area contributed by atoms with Gasteiger partial charge in [-0.15, -0.1) is 0 Å². The minimum atomic E-state index is -0.219. The van der Waals surface area contributed by atoms with Crippen molar-refractivity contribution in [2.24, 2.45) is 11.7 Å². The fraction of sp³-hybridized carbons (Fsp3) is 0.600. The highest BCUT2D eigenvalue weighted by Crippen LogP contribution is 2.40. The third-order valence-electron chi connectivity index (χ3n) is 4.06. The summed E-state index contributed by atoms with van der Waals surface area (Å²) in [6, 6.07) is 5.26. The second-order valence-corrected chi connectivity index (χ2v) is 5.96. The van der Waals surface area contributed by atoms with Gasteiger partial charge in [0.1, 0.15) is 5.82 Å². The first-order valence-electron chi connectivity index (χ1n) is 6.96. The highest BCUT2D eigenvalue weighted by molar-refractivity contribution is 6.31. The molecule has 2 unspecified atom stereocenters. The number of nitrogens with two attached hydrogens (primary N) is 1. The van der Waals surface area contributed by atoms with Crippen molar-refractivity contribution in [2.45, 2.75) is 38.8 Å². The van der Waals surface area contributed by atoms with Gasteiger partial charge in [0.15, 0.2) is 0 Å². The van der Waals surface area contributed by atoms with E-state index in [0.717, 1.165) is 19.4 Å². The second kappa shape index (κ2) is 6.21. The minimum absolute atomic E-state index is 0.00699. The number of benzene rings is 1. The Kier molecular flexibility index (Phi) is 4.82. The van der Waals surface area contributed by atoms with Crippen molar-refractivity contribution in [3.8, 4) is 0 Å². The lowest BCUT2D eigenvalue weighted by molar-refractivity contribution is 0.0643. The summed E-state index contributed by atoms with van der Waals surface area (Å²) < 4.78 is 14.2. The molecule has 0 saturated carbocycles. The zero-order chi connectivity index (χ0) is 14.0. The summed E-state index contributed by atoms with van der Waals surface area (Å²) in [5.41, 5.74) is 6.52. The number of hydrogen-bond acceptors (Lipinski definition) is 2. The fourth-order valence-electron chi connectivity index (χ4n) is 3.12. The normalized spacial score (nSPS) is 24.9. The Balaban J connectivity index is 2.45. The summed E-state index contributed by atoms with van der Waals surface area (Å²) in [5.74, 6) is 0.0500. The van der Waals surface area contributed by atoms with Gasteiger partial charge < -0.3 is 5.73 Å². The lowest BCUT2D eigenvalue weighted by atomic mass is 9.83. The first-order chi connectivity index (χ1) is 9.06. The van der Waals surface area contributed by atoms with Gasteiger partial charge in [-0.25, -0.2) is 4.39 Å². The molecule has 2 nitrogen and oxygen atoms in total. The van der Waals surface area contributed by atoms with Crippen molar-refractivity contribution < 1.29 is 4.39 Å². The lowest BCUT2D eigenvalue weighted by Gasteiger charge is -2.44. The van der Waals surface area contributed by atoms with Crippen LogP contribution in [0.2, 0.25) is 5.02 Å². The summed E-state index contributed by atoms with van der Waals surface area (Å²) in [7, 11) is 0. The van der Waals surface area contributed by atoms with E-state index in [2.05, 4.69) is 18.7 Å². The molecule has 1 aromatic carbocycles. The van der Waals surface area contributed by atoms with E-state index in [9.17, 15) is 4.39 Å². The van der Waals surface area contributed by atoms with Crippen molar-refractivity contribution in [1.82, 2.24) is 4.90 Å². The van der Waals surface area contributed by atoms with Gasteiger partial charge in [-0.05, 0) is 57.8 Å². The Morgan fingerprint density at radius 1 is 1.47 bits per heavy atom. The number of rotatable bonds is 3. The molecule has 0 aromatic heterocycles. The predicted octanol–water partition coefficient (Wildman–Crippen LogP) is 3.60. The molecule has 19 heavy (non-hydrogen) atoms. The molecule has 1 heterocycles. The van der Waals surface area contributed by atoms with E-state index in [1.54, 1.807) is 12.1 Å². The molecule has 106 valence electrons. The standard InChI is InChI=1S/C15H22ClFN2/c1-10(2)19-8-4-5-11(9-18)15(19)14-12(16)6-3-7-13(14)17/h3,6-7,10-11,15H,4-5,8-9,18H2,1-2H3. The van der Waals surface area contributed by atoms with Crippen LogP contribution in [-0.4, -0.2) is 24.0 Å². The molecule has 2 atom stereocenters. The molecule has 1 aliphatic heterocycles. The first-order valence-corrected chi connectivity index (χ1v) is 7.33. The van der Waals surface area contributed by atoms with Gasteiger partial charge in [-0.2, -0.15) is 0 Å². The van der Waals surface area contributed by atoms with Crippen LogP contribution in [0, 0.1) is 11.7 Å². The third-order valence-corrected chi connectivity index (χ3v) is 4.39. The SMILES string of the molecule is CC(C)N1CCCC(CN)C1c1c(F)cccc1Cl. The van der Waals surface area contributed by atoms with Crippen LogP contribution in [0.15, 0.2) is 18.2 Å². The second-order valence-electron chi connectivity index (χ2n) is 5.55. The number of hydrogen-bond donors (Lipinski definition) is 1. The van der Waals surface area contributed by atoms with Crippen LogP contribution in [0.4, 0.5) is 4.39 Å². The molecule has 4 heteroatoms. The lowest BCUT2D eigenvalue weighted by Crippen LogP contribution is -2.45. The van der Waals surface area contributed by atoms with Crippen LogP contribution in [0.3, 0.4) is 0 Å². The summed E-state index contributed by atoms with van der Waals surface area (Å²) in [5, 5.41) is 0.510. The number of likely N-dealkylation sites (tertiary alicyclic amines) is 1. The van der Waals surface area contributed by atoms with Gasteiger partial charge in [0.25, 0.3) is 0 Å². The summed E-state index contributed by atoms with van der Waals surface area (Å²) in [6.45, 7) is 5.82. The maximum atomic E-state index is 14.2. The first kappa shape index (κ1) is 14.8. The average molecular weight is 285 g/mol. The molecule has 2 N–H and O–H groups in total. The summed E-state index contributed by atoms with van der Waals surface area (Å²) in [4.78, 5) is 2.32. The molecule has 0 bridgehead atoms. The Bertz CT molecular complexity index is 416. The molecule has 0 aliphatic carbocycles. The molecule has 1 aromatic rings. The molecule has 0 spiro atoms. The van der Waals surface area contributed by atoms with Crippen LogP contribution in [0.1, 0.15) is 38.3 Å². The van der Waals surface area contributed by atoms with Crippen LogP contribution >= 0.6 is 11.6 Å². The zero-order valence-corrected chi connectivity index (χ0v) is 12.3. The van der Waals surface area contributed by atoms with E-state index in [1.165, 1.54) is 6.07 Å². The van der Waals surface area contributed by atoms with E-state index in [-0.39, 0.29) is 17.8 Å². The van der Waals surface area contributed by atoms with E-state index in [1.807, 2.05) is 0 Å². The van der Waals surface area contributed by atoms with E-state index < -0.39 is 0 Å². The third kappa shape index (κ3) is 2.93. The Morgan fingerprint density at radius 3 is 2.79 bits per heavy atom. The molecule has 0 amide bonds. The average Bonchev–Trinajstić information content (AvgIpc) is 2.38. The number of piperidine rings is 1. The Hall–Kier alpha value is -0.640. The summed E-state index contributed by atoms with van der Waals surface area (Å²) >= 11 is 6.25. The molecule has 1 aliphatic rings. The van der Waals surface area contributed by atoms with Gasteiger partial charge in [-0.1, -0.05) is 17.7 Å². The number of nitrogens with zero attached hydrogens (tertiary/aromatic N) is 1. The van der Waals surface area contributed by atoms with Crippen molar-refractivity contribution in [2.75, 3.05) is 13.1 Å². The van der Waals surface area contributed by atoms with Gasteiger partial charge in [0, 0.05) is 22.7 Å².